The molecule has 1 aromatic heterocycles. The summed E-state index contributed by atoms with van der Waals surface area (Å²) in [5.74, 6) is -0.130. The zero-order valence-electron chi connectivity index (χ0n) is 18.0. The van der Waals surface area contributed by atoms with Crippen molar-refractivity contribution in [1.29, 1.82) is 0 Å². The number of halogens is 1. The van der Waals surface area contributed by atoms with E-state index in [2.05, 4.69) is 10.2 Å². The highest BCUT2D eigenvalue weighted by Crippen LogP contribution is 2.23. The molecule has 1 N–H and O–H groups in total. The van der Waals surface area contributed by atoms with Gasteiger partial charge in [0.15, 0.2) is 0 Å². The zero-order valence-corrected chi connectivity index (χ0v) is 18.0. The molecule has 33 heavy (non-hydrogen) atoms. The van der Waals surface area contributed by atoms with E-state index in [0.29, 0.717) is 28.1 Å². The maximum absolute atomic E-state index is 13.6. The molecule has 0 unspecified atom stereocenters. The molecule has 0 saturated carbocycles. The van der Waals surface area contributed by atoms with Gasteiger partial charge in [-0.05, 0) is 73.9 Å². The third-order valence-corrected chi connectivity index (χ3v) is 5.87. The van der Waals surface area contributed by atoms with Gasteiger partial charge in [-0.25, -0.2) is 13.9 Å². The summed E-state index contributed by atoms with van der Waals surface area (Å²) >= 11 is 0. The van der Waals surface area contributed by atoms with Gasteiger partial charge in [-0.1, -0.05) is 18.2 Å². The lowest BCUT2D eigenvalue weighted by molar-refractivity contribution is 0.102. The molecule has 3 aromatic carbocycles. The molecule has 4 aromatic rings. The lowest BCUT2D eigenvalue weighted by Gasteiger charge is -2.30. The Morgan fingerprint density at radius 3 is 2.36 bits per heavy atom. The fourth-order valence-electron chi connectivity index (χ4n) is 4.17. The predicted octanol–water partition coefficient (Wildman–Crippen LogP) is 4.77. The van der Waals surface area contributed by atoms with Crippen LogP contribution in [0.5, 0.6) is 0 Å². The Morgan fingerprint density at radius 1 is 0.909 bits per heavy atom. The van der Waals surface area contributed by atoms with Crippen molar-refractivity contribution in [3.8, 4) is 5.69 Å². The van der Waals surface area contributed by atoms with Crippen LogP contribution in [0.25, 0.3) is 16.6 Å². The highest BCUT2D eigenvalue weighted by Gasteiger charge is 2.21. The van der Waals surface area contributed by atoms with E-state index in [-0.39, 0.29) is 17.3 Å². The molecule has 7 heteroatoms. The van der Waals surface area contributed by atoms with Crippen molar-refractivity contribution in [2.45, 2.75) is 19.3 Å². The monoisotopic (exact) mass is 442 g/mol. The van der Waals surface area contributed by atoms with Gasteiger partial charge in [-0.3, -0.25) is 9.59 Å². The van der Waals surface area contributed by atoms with Crippen molar-refractivity contribution in [3.63, 3.8) is 0 Å². The number of piperidine rings is 1. The van der Waals surface area contributed by atoms with E-state index in [1.54, 1.807) is 22.8 Å². The molecule has 1 aliphatic heterocycles. The fourth-order valence-corrected chi connectivity index (χ4v) is 4.17. The quantitative estimate of drug-likeness (QED) is 0.495. The number of fused-ring (bicyclic) bond motifs is 1. The number of amides is 1. The summed E-state index contributed by atoms with van der Waals surface area (Å²) in [5, 5.41) is 3.20. The molecular weight excluding hydrogens is 419 g/mol. The van der Waals surface area contributed by atoms with E-state index in [1.165, 1.54) is 24.3 Å². The lowest BCUT2D eigenvalue weighted by atomic mass is 10.1. The van der Waals surface area contributed by atoms with Crippen LogP contribution in [0.1, 0.15) is 29.6 Å². The van der Waals surface area contributed by atoms with E-state index in [9.17, 15) is 14.0 Å². The minimum atomic E-state index is -0.372. The van der Waals surface area contributed by atoms with Crippen LogP contribution in [0.3, 0.4) is 0 Å². The molecule has 166 valence electrons. The highest BCUT2D eigenvalue weighted by atomic mass is 19.1. The molecule has 0 aliphatic carbocycles. The number of para-hydroxylation sites is 1. The van der Waals surface area contributed by atoms with E-state index in [4.69, 9.17) is 4.98 Å². The van der Waals surface area contributed by atoms with Crippen molar-refractivity contribution in [3.05, 3.63) is 94.5 Å². The third kappa shape index (κ3) is 4.22. The number of anilines is 2. The second kappa shape index (κ2) is 8.86. The minimum absolute atomic E-state index is 0.169. The second-order valence-corrected chi connectivity index (χ2v) is 8.13. The average molecular weight is 442 g/mol. The number of carbonyl (C=O) groups is 1. The van der Waals surface area contributed by atoms with Gasteiger partial charge < -0.3 is 10.2 Å². The summed E-state index contributed by atoms with van der Waals surface area (Å²) < 4.78 is 14.8. The summed E-state index contributed by atoms with van der Waals surface area (Å²) in [6, 6.07) is 20.0. The molecular formula is C26H23FN4O2. The topological polar surface area (TPSA) is 67.2 Å². The van der Waals surface area contributed by atoms with E-state index < -0.39 is 0 Å². The Labute approximate surface area is 190 Å². The van der Waals surface area contributed by atoms with Gasteiger partial charge in [0.1, 0.15) is 5.82 Å². The SMILES string of the molecule is O=C(Nc1ccc(F)cc1)c1ccc2c(=O)n(-c3ccccc3)c(N3CCCCC3)nc2c1. The van der Waals surface area contributed by atoms with Crippen LogP contribution in [0.15, 0.2) is 77.6 Å². The Kier molecular flexibility index (Phi) is 5.60. The minimum Gasteiger partial charge on any atom is -0.342 e. The van der Waals surface area contributed by atoms with Gasteiger partial charge in [-0.2, -0.15) is 0 Å². The fraction of sp³-hybridized carbons (Fsp3) is 0.192. The number of carbonyl (C=O) groups excluding carboxylic acids is 1. The maximum Gasteiger partial charge on any atom is 0.267 e. The van der Waals surface area contributed by atoms with Gasteiger partial charge >= 0.3 is 0 Å². The van der Waals surface area contributed by atoms with Crippen LogP contribution in [-0.2, 0) is 0 Å². The van der Waals surface area contributed by atoms with Crippen LogP contribution < -0.4 is 15.8 Å². The standard InChI is InChI=1S/C26H23FN4O2/c27-19-10-12-20(13-11-19)28-24(32)18-9-14-22-23(17-18)29-26(30-15-5-2-6-16-30)31(25(22)33)21-7-3-1-4-8-21/h1,3-4,7-14,17H,2,5-6,15-16H2,(H,28,32). The number of benzene rings is 3. The van der Waals surface area contributed by atoms with Crippen molar-refractivity contribution < 1.29 is 9.18 Å². The van der Waals surface area contributed by atoms with Crippen molar-refractivity contribution >= 4 is 28.4 Å². The Bertz CT molecular complexity index is 1360. The van der Waals surface area contributed by atoms with Gasteiger partial charge in [0.2, 0.25) is 5.95 Å². The first-order valence-corrected chi connectivity index (χ1v) is 11.0. The molecule has 0 atom stereocenters. The first-order valence-electron chi connectivity index (χ1n) is 11.0. The Hall–Kier alpha value is -4.00. The number of nitrogens with zero attached hydrogens (tertiary/aromatic N) is 3. The highest BCUT2D eigenvalue weighted by molar-refractivity contribution is 6.06. The summed E-state index contributed by atoms with van der Waals surface area (Å²) in [7, 11) is 0. The van der Waals surface area contributed by atoms with Crippen molar-refractivity contribution in [2.24, 2.45) is 0 Å². The number of nitrogens with one attached hydrogen (secondary N) is 1. The Morgan fingerprint density at radius 2 is 1.64 bits per heavy atom. The van der Waals surface area contributed by atoms with Gasteiger partial charge in [0.25, 0.3) is 11.5 Å². The number of aromatic nitrogens is 2. The number of hydrogen-bond acceptors (Lipinski definition) is 4. The molecule has 6 nitrogen and oxygen atoms in total. The molecule has 1 amide bonds. The van der Waals surface area contributed by atoms with Gasteiger partial charge in [0.05, 0.1) is 16.6 Å². The largest absolute Gasteiger partial charge is 0.342 e. The molecule has 0 bridgehead atoms. The Balaban J connectivity index is 1.59. The van der Waals surface area contributed by atoms with Crippen molar-refractivity contribution in [2.75, 3.05) is 23.3 Å². The summed E-state index contributed by atoms with van der Waals surface area (Å²) in [6.07, 6.45) is 3.25. The summed E-state index contributed by atoms with van der Waals surface area (Å²) in [5.41, 5.74) is 1.93. The van der Waals surface area contributed by atoms with Gasteiger partial charge in [-0.15, -0.1) is 0 Å². The van der Waals surface area contributed by atoms with Gasteiger partial charge in [0, 0.05) is 24.3 Å². The third-order valence-electron chi connectivity index (χ3n) is 5.87. The molecule has 0 radical (unpaired) electrons. The van der Waals surface area contributed by atoms with Crippen molar-refractivity contribution in [1.82, 2.24) is 9.55 Å². The first kappa shape index (κ1) is 20.9. The zero-order chi connectivity index (χ0) is 22.8. The van der Waals surface area contributed by atoms with E-state index in [1.807, 2.05) is 30.3 Å². The molecule has 5 rings (SSSR count). The molecule has 1 fully saturated rings. The molecule has 0 spiro atoms. The second-order valence-electron chi connectivity index (χ2n) is 8.13. The maximum atomic E-state index is 13.6. The summed E-state index contributed by atoms with van der Waals surface area (Å²) in [4.78, 5) is 33.3. The van der Waals surface area contributed by atoms with Crippen LogP contribution in [0.4, 0.5) is 16.0 Å². The molecule has 2 heterocycles. The summed E-state index contributed by atoms with van der Waals surface area (Å²) in [6.45, 7) is 1.66. The molecule has 1 aliphatic rings. The molecule has 1 saturated heterocycles. The number of rotatable bonds is 4. The lowest BCUT2D eigenvalue weighted by Crippen LogP contribution is -2.36. The van der Waals surface area contributed by atoms with Crippen LogP contribution in [0.2, 0.25) is 0 Å². The van der Waals surface area contributed by atoms with E-state index >= 15 is 0 Å². The number of hydrogen-bond donors (Lipinski definition) is 1. The van der Waals surface area contributed by atoms with Crippen LogP contribution >= 0.6 is 0 Å². The normalized spacial score (nSPS) is 13.8. The van der Waals surface area contributed by atoms with Crippen LogP contribution in [-0.4, -0.2) is 28.5 Å². The average Bonchev–Trinajstić information content (AvgIpc) is 2.86. The smallest absolute Gasteiger partial charge is 0.267 e. The van der Waals surface area contributed by atoms with E-state index in [0.717, 1.165) is 38.0 Å². The first-order chi connectivity index (χ1) is 16.1. The predicted molar refractivity (Wildman–Crippen MR) is 128 cm³/mol. The van der Waals surface area contributed by atoms with Crippen LogP contribution in [0, 0.1) is 5.82 Å².